The molecule has 0 aliphatic carbocycles. The summed E-state index contributed by atoms with van der Waals surface area (Å²) in [7, 11) is 0. The monoisotopic (exact) mass is 232 g/mol. The number of fused-ring (bicyclic) bond motifs is 1. The molecule has 0 radical (unpaired) electrons. The summed E-state index contributed by atoms with van der Waals surface area (Å²) in [6.07, 6.45) is 2.32. The average Bonchev–Trinajstić information content (AvgIpc) is 2.95. The van der Waals surface area contributed by atoms with Crippen molar-refractivity contribution in [3.8, 4) is 5.75 Å². The Labute approximate surface area is 103 Å². The Hall–Kier alpha value is -1.22. The Morgan fingerprint density at radius 2 is 2.29 bits per heavy atom. The Morgan fingerprint density at radius 3 is 3.12 bits per heavy atom. The molecule has 0 aromatic heterocycles. The van der Waals surface area contributed by atoms with Crippen LogP contribution in [0.15, 0.2) is 18.2 Å². The maximum absolute atomic E-state index is 5.95. The van der Waals surface area contributed by atoms with Crippen LogP contribution in [-0.4, -0.2) is 26.2 Å². The zero-order valence-electron chi connectivity index (χ0n) is 10.4. The SMILES string of the molecule is CC1(COc2ccc3c(c2)CCN3)CCNC1. The molecule has 2 aliphatic heterocycles. The maximum atomic E-state index is 5.95. The molecule has 2 N–H and O–H groups in total. The predicted molar refractivity (Wildman–Crippen MR) is 69.7 cm³/mol. The van der Waals surface area contributed by atoms with Crippen LogP contribution >= 0.6 is 0 Å². The highest BCUT2D eigenvalue weighted by molar-refractivity contribution is 5.57. The van der Waals surface area contributed by atoms with E-state index in [0.717, 1.165) is 38.4 Å². The van der Waals surface area contributed by atoms with E-state index in [-0.39, 0.29) is 0 Å². The lowest BCUT2D eigenvalue weighted by Gasteiger charge is -2.22. The third-order valence-corrected chi connectivity index (χ3v) is 3.83. The van der Waals surface area contributed by atoms with Gasteiger partial charge in [0.15, 0.2) is 0 Å². The van der Waals surface area contributed by atoms with Crippen LogP contribution in [-0.2, 0) is 6.42 Å². The summed E-state index contributed by atoms with van der Waals surface area (Å²) in [5.41, 5.74) is 2.96. The van der Waals surface area contributed by atoms with E-state index in [1.54, 1.807) is 0 Å². The van der Waals surface area contributed by atoms with E-state index in [1.807, 2.05) is 0 Å². The first-order valence-corrected chi connectivity index (χ1v) is 6.46. The Kier molecular flexibility index (Phi) is 2.71. The molecule has 1 unspecified atom stereocenters. The standard InChI is InChI=1S/C14H20N2O/c1-14(5-7-15-9-14)10-17-12-2-3-13-11(8-12)4-6-16-13/h2-3,8,15-16H,4-7,9-10H2,1H3. The summed E-state index contributed by atoms with van der Waals surface area (Å²) in [4.78, 5) is 0. The quantitative estimate of drug-likeness (QED) is 0.836. The molecular weight excluding hydrogens is 212 g/mol. The molecule has 92 valence electrons. The molecule has 1 saturated heterocycles. The normalized spacial score (nSPS) is 26.6. The van der Waals surface area contributed by atoms with E-state index in [2.05, 4.69) is 35.8 Å². The molecule has 3 nitrogen and oxygen atoms in total. The van der Waals surface area contributed by atoms with Crippen molar-refractivity contribution in [3.63, 3.8) is 0 Å². The van der Waals surface area contributed by atoms with E-state index in [9.17, 15) is 0 Å². The molecule has 1 atom stereocenters. The van der Waals surface area contributed by atoms with Crippen molar-refractivity contribution in [2.45, 2.75) is 19.8 Å². The summed E-state index contributed by atoms with van der Waals surface area (Å²) >= 11 is 0. The molecule has 17 heavy (non-hydrogen) atoms. The zero-order valence-corrected chi connectivity index (χ0v) is 10.4. The summed E-state index contributed by atoms with van der Waals surface area (Å²) in [6, 6.07) is 6.39. The molecule has 2 aliphatic rings. The van der Waals surface area contributed by atoms with Crippen molar-refractivity contribution in [2.75, 3.05) is 31.6 Å². The molecule has 2 heterocycles. The van der Waals surface area contributed by atoms with Crippen LogP contribution in [0, 0.1) is 5.41 Å². The maximum Gasteiger partial charge on any atom is 0.119 e. The highest BCUT2D eigenvalue weighted by Crippen LogP contribution is 2.29. The molecule has 0 saturated carbocycles. The van der Waals surface area contributed by atoms with Gasteiger partial charge in [-0.25, -0.2) is 0 Å². The van der Waals surface area contributed by atoms with Crippen molar-refractivity contribution in [2.24, 2.45) is 5.41 Å². The first-order chi connectivity index (χ1) is 8.25. The highest BCUT2D eigenvalue weighted by atomic mass is 16.5. The largest absolute Gasteiger partial charge is 0.493 e. The average molecular weight is 232 g/mol. The van der Waals surface area contributed by atoms with E-state index in [1.165, 1.54) is 17.7 Å². The van der Waals surface area contributed by atoms with Gasteiger partial charge in [0.25, 0.3) is 0 Å². The third kappa shape index (κ3) is 2.25. The van der Waals surface area contributed by atoms with Gasteiger partial charge < -0.3 is 15.4 Å². The van der Waals surface area contributed by atoms with Crippen molar-refractivity contribution >= 4 is 5.69 Å². The van der Waals surface area contributed by atoms with E-state index >= 15 is 0 Å². The first kappa shape index (κ1) is 10.9. The fourth-order valence-corrected chi connectivity index (χ4v) is 2.62. The lowest BCUT2D eigenvalue weighted by atomic mass is 9.91. The minimum absolute atomic E-state index is 0.303. The number of rotatable bonds is 3. The van der Waals surface area contributed by atoms with Crippen LogP contribution in [0.5, 0.6) is 5.75 Å². The Morgan fingerprint density at radius 1 is 1.35 bits per heavy atom. The fraction of sp³-hybridized carbons (Fsp3) is 0.571. The first-order valence-electron chi connectivity index (χ1n) is 6.46. The zero-order chi connectivity index (χ0) is 11.7. The van der Waals surface area contributed by atoms with Gasteiger partial charge in [0.05, 0.1) is 6.61 Å². The van der Waals surface area contributed by atoms with Crippen LogP contribution in [0.4, 0.5) is 5.69 Å². The third-order valence-electron chi connectivity index (χ3n) is 3.83. The van der Waals surface area contributed by atoms with Crippen LogP contribution in [0.1, 0.15) is 18.9 Å². The topological polar surface area (TPSA) is 33.3 Å². The van der Waals surface area contributed by atoms with Gasteiger partial charge in [-0.1, -0.05) is 6.92 Å². The second-order valence-corrected chi connectivity index (χ2v) is 5.52. The molecule has 1 aromatic rings. The highest BCUT2D eigenvalue weighted by Gasteiger charge is 2.29. The summed E-state index contributed by atoms with van der Waals surface area (Å²) in [5.74, 6) is 1.01. The molecule has 3 heteroatoms. The number of nitrogens with one attached hydrogen (secondary N) is 2. The van der Waals surface area contributed by atoms with Crippen LogP contribution in [0.2, 0.25) is 0 Å². The second kappa shape index (κ2) is 4.22. The number of anilines is 1. The van der Waals surface area contributed by atoms with Gasteiger partial charge in [-0.05, 0) is 43.1 Å². The number of hydrogen-bond donors (Lipinski definition) is 2. The van der Waals surface area contributed by atoms with Gasteiger partial charge in [0, 0.05) is 24.2 Å². The van der Waals surface area contributed by atoms with Gasteiger partial charge in [-0.3, -0.25) is 0 Å². The minimum atomic E-state index is 0.303. The molecule has 1 fully saturated rings. The molecule has 0 spiro atoms. The van der Waals surface area contributed by atoms with Gasteiger partial charge in [-0.15, -0.1) is 0 Å². The van der Waals surface area contributed by atoms with Crippen molar-refractivity contribution in [1.29, 1.82) is 0 Å². The minimum Gasteiger partial charge on any atom is -0.493 e. The van der Waals surface area contributed by atoms with E-state index in [0.29, 0.717) is 5.41 Å². The molecule has 3 rings (SSSR count). The molecular formula is C14H20N2O. The Balaban J connectivity index is 1.65. The van der Waals surface area contributed by atoms with Gasteiger partial charge in [0.2, 0.25) is 0 Å². The van der Waals surface area contributed by atoms with E-state index in [4.69, 9.17) is 4.74 Å². The van der Waals surface area contributed by atoms with Crippen molar-refractivity contribution < 1.29 is 4.74 Å². The summed E-state index contributed by atoms with van der Waals surface area (Å²) in [6.45, 7) is 6.35. The second-order valence-electron chi connectivity index (χ2n) is 5.52. The van der Waals surface area contributed by atoms with Crippen LogP contribution in [0.3, 0.4) is 0 Å². The lowest BCUT2D eigenvalue weighted by molar-refractivity contribution is 0.180. The van der Waals surface area contributed by atoms with Crippen molar-refractivity contribution in [3.05, 3.63) is 23.8 Å². The van der Waals surface area contributed by atoms with Crippen LogP contribution in [0.25, 0.3) is 0 Å². The number of benzene rings is 1. The Bertz CT molecular complexity index is 411. The summed E-state index contributed by atoms with van der Waals surface area (Å²) < 4.78 is 5.95. The number of hydrogen-bond acceptors (Lipinski definition) is 3. The molecule has 0 amide bonds. The smallest absolute Gasteiger partial charge is 0.119 e. The predicted octanol–water partition coefficient (Wildman–Crippen LogP) is 2.03. The van der Waals surface area contributed by atoms with Gasteiger partial charge in [0.1, 0.15) is 5.75 Å². The molecule has 0 bridgehead atoms. The van der Waals surface area contributed by atoms with E-state index < -0.39 is 0 Å². The van der Waals surface area contributed by atoms with Gasteiger partial charge in [-0.2, -0.15) is 0 Å². The fourth-order valence-electron chi connectivity index (χ4n) is 2.62. The summed E-state index contributed by atoms with van der Waals surface area (Å²) in [5, 5.41) is 6.77. The van der Waals surface area contributed by atoms with Crippen LogP contribution < -0.4 is 15.4 Å². The lowest BCUT2D eigenvalue weighted by Crippen LogP contribution is -2.27. The molecule has 1 aromatic carbocycles. The number of ether oxygens (including phenoxy) is 1. The van der Waals surface area contributed by atoms with Crippen molar-refractivity contribution in [1.82, 2.24) is 5.32 Å². The van der Waals surface area contributed by atoms with Gasteiger partial charge >= 0.3 is 0 Å².